The van der Waals surface area contributed by atoms with Gasteiger partial charge >= 0.3 is 0 Å². The summed E-state index contributed by atoms with van der Waals surface area (Å²) in [4.78, 5) is 16.4. The average molecular weight is 364 g/mol. The molecule has 6 heteroatoms. The normalized spacial score (nSPS) is 11.4. The van der Waals surface area contributed by atoms with E-state index in [1.54, 1.807) is 0 Å². The van der Waals surface area contributed by atoms with Gasteiger partial charge in [0.05, 0.1) is 0 Å². The molecule has 0 saturated carbocycles. The van der Waals surface area contributed by atoms with E-state index >= 15 is 0 Å². The Labute approximate surface area is 158 Å². The minimum absolute atomic E-state index is 0.0220. The number of hydrogen-bond donors (Lipinski definition) is 2. The van der Waals surface area contributed by atoms with E-state index in [0.717, 1.165) is 22.3 Å². The molecular weight excluding hydrogens is 340 g/mol. The Bertz CT molecular complexity index is 907. The average Bonchev–Trinajstić information content (AvgIpc) is 3.16. The lowest BCUT2D eigenvalue weighted by molar-refractivity contribution is -0.128. The van der Waals surface area contributed by atoms with Gasteiger partial charge in [0.1, 0.15) is 0 Å². The van der Waals surface area contributed by atoms with Crippen LogP contribution in [0, 0.1) is 5.41 Å². The van der Waals surface area contributed by atoms with Crippen molar-refractivity contribution in [2.24, 2.45) is 11.1 Å². The second-order valence-electron chi connectivity index (χ2n) is 7.45. The van der Waals surface area contributed by atoms with Crippen LogP contribution >= 0.6 is 0 Å². The Morgan fingerprint density at radius 3 is 2.19 bits per heavy atom. The van der Waals surface area contributed by atoms with Crippen molar-refractivity contribution in [2.45, 2.75) is 33.9 Å². The van der Waals surface area contributed by atoms with Gasteiger partial charge < -0.3 is 15.6 Å². The van der Waals surface area contributed by atoms with Crippen LogP contribution in [0.2, 0.25) is 0 Å². The molecule has 6 nitrogen and oxygen atoms in total. The highest BCUT2D eigenvalue weighted by Crippen LogP contribution is 2.23. The van der Waals surface area contributed by atoms with Crippen molar-refractivity contribution in [3.8, 4) is 22.8 Å². The molecule has 0 radical (unpaired) electrons. The lowest BCUT2D eigenvalue weighted by Crippen LogP contribution is -2.34. The molecule has 3 N–H and O–H groups in total. The number of nitrogens with one attached hydrogen (secondary N) is 1. The molecule has 0 aliphatic rings. The Morgan fingerprint density at radius 2 is 1.59 bits per heavy atom. The number of nitrogens with zero attached hydrogens (tertiary/aromatic N) is 2. The van der Waals surface area contributed by atoms with E-state index in [0.29, 0.717) is 24.8 Å². The molecule has 2 aromatic carbocycles. The van der Waals surface area contributed by atoms with E-state index < -0.39 is 5.41 Å². The minimum Gasteiger partial charge on any atom is -0.352 e. The third kappa shape index (κ3) is 4.60. The molecule has 1 aromatic heterocycles. The first-order chi connectivity index (χ1) is 12.9. The lowest BCUT2D eigenvalue weighted by atomic mass is 9.95. The van der Waals surface area contributed by atoms with Gasteiger partial charge in [-0.3, -0.25) is 4.79 Å². The van der Waals surface area contributed by atoms with Crippen LogP contribution in [0.5, 0.6) is 0 Å². The van der Waals surface area contributed by atoms with Crippen LogP contribution < -0.4 is 11.1 Å². The molecule has 3 rings (SSSR count). The summed E-state index contributed by atoms with van der Waals surface area (Å²) < 4.78 is 5.39. The Balaban J connectivity index is 1.68. The van der Waals surface area contributed by atoms with E-state index in [1.807, 2.05) is 69.3 Å². The standard InChI is InChI=1S/C21H24N4O2/c1-21(2,3)20(26)23-13-15-6-10-17(11-7-15)19-24-18(25-27-19)16-8-4-14(12-22)5-9-16/h4-11H,12-13,22H2,1-3H3,(H,23,26). The number of carbonyl (C=O) groups excluding carboxylic acids is 1. The van der Waals surface area contributed by atoms with E-state index in [4.69, 9.17) is 10.3 Å². The first kappa shape index (κ1) is 18.8. The molecule has 0 bridgehead atoms. The fraction of sp³-hybridized carbons (Fsp3) is 0.286. The van der Waals surface area contributed by atoms with Crippen molar-refractivity contribution < 1.29 is 9.32 Å². The summed E-state index contributed by atoms with van der Waals surface area (Å²) in [5, 5.41) is 6.99. The van der Waals surface area contributed by atoms with Crippen LogP contribution in [0.25, 0.3) is 22.8 Å². The van der Waals surface area contributed by atoms with E-state index in [1.165, 1.54) is 0 Å². The van der Waals surface area contributed by atoms with Gasteiger partial charge in [-0.2, -0.15) is 4.98 Å². The van der Waals surface area contributed by atoms with E-state index in [2.05, 4.69) is 15.5 Å². The molecule has 0 spiro atoms. The summed E-state index contributed by atoms with van der Waals surface area (Å²) in [5.41, 5.74) is 8.99. The van der Waals surface area contributed by atoms with Crippen molar-refractivity contribution in [3.63, 3.8) is 0 Å². The van der Waals surface area contributed by atoms with E-state index in [9.17, 15) is 4.79 Å². The first-order valence-electron chi connectivity index (χ1n) is 8.87. The maximum absolute atomic E-state index is 12.0. The molecule has 0 atom stereocenters. The van der Waals surface area contributed by atoms with Crippen molar-refractivity contribution in [3.05, 3.63) is 59.7 Å². The van der Waals surface area contributed by atoms with Gasteiger partial charge in [-0.1, -0.05) is 62.3 Å². The molecule has 0 fully saturated rings. The molecule has 0 aliphatic heterocycles. The zero-order chi connectivity index (χ0) is 19.4. The zero-order valence-corrected chi connectivity index (χ0v) is 15.8. The quantitative estimate of drug-likeness (QED) is 0.722. The topological polar surface area (TPSA) is 94.0 Å². The van der Waals surface area contributed by atoms with Gasteiger partial charge in [0, 0.05) is 29.6 Å². The van der Waals surface area contributed by atoms with Gasteiger partial charge in [-0.15, -0.1) is 0 Å². The summed E-state index contributed by atoms with van der Waals surface area (Å²) in [5.74, 6) is 1.02. The Hall–Kier alpha value is -2.99. The summed E-state index contributed by atoms with van der Waals surface area (Å²) in [6, 6.07) is 15.5. The molecular formula is C21H24N4O2. The van der Waals surface area contributed by atoms with Crippen molar-refractivity contribution in [1.82, 2.24) is 15.5 Å². The molecule has 1 heterocycles. The number of benzene rings is 2. The number of hydrogen-bond acceptors (Lipinski definition) is 5. The fourth-order valence-electron chi connectivity index (χ4n) is 2.46. The smallest absolute Gasteiger partial charge is 0.258 e. The largest absolute Gasteiger partial charge is 0.352 e. The molecule has 1 amide bonds. The Kier molecular flexibility index (Phi) is 5.37. The molecule has 0 aliphatic carbocycles. The second-order valence-corrected chi connectivity index (χ2v) is 7.45. The summed E-state index contributed by atoms with van der Waals surface area (Å²) >= 11 is 0. The fourth-order valence-corrected chi connectivity index (χ4v) is 2.46. The molecule has 27 heavy (non-hydrogen) atoms. The van der Waals surface area contributed by atoms with Crippen LogP contribution in [0.4, 0.5) is 0 Å². The van der Waals surface area contributed by atoms with Gasteiger partial charge in [-0.05, 0) is 23.3 Å². The van der Waals surface area contributed by atoms with Crippen LogP contribution in [0.1, 0.15) is 31.9 Å². The number of carbonyl (C=O) groups is 1. The molecule has 140 valence electrons. The van der Waals surface area contributed by atoms with Gasteiger partial charge in [0.2, 0.25) is 11.7 Å². The van der Waals surface area contributed by atoms with Crippen LogP contribution in [0.3, 0.4) is 0 Å². The number of amides is 1. The van der Waals surface area contributed by atoms with Crippen LogP contribution in [-0.2, 0) is 17.9 Å². The number of nitrogens with two attached hydrogens (primary N) is 1. The summed E-state index contributed by atoms with van der Waals surface area (Å²) in [6.45, 7) is 6.66. The van der Waals surface area contributed by atoms with Crippen molar-refractivity contribution in [1.29, 1.82) is 0 Å². The highest BCUT2D eigenvalue weighted by molar-refractivity contribution is 5.81. The lowest BCUT2D eigenvalue weighted by Gasteiger charge is -2.17. The van der Waals surface area contributed by atoms with Gasteiger partial charge in [0.25, 0.3) is 5.89 Å². The maximum atomic E-state index is 12.0. The molecule has 0 unspecified atom stereocenters. The van der Waals surface area contributed by atoms with Gasteiger partial charge in [-0.25, -0.2) is 0 Å². The third-order valence-electron chi connectivity index (χ3n) is 4.21. The monoisotopic (exact) mass is 364 g/mol. The summed E-state index contributed by atoms with van der Waals surface area (Å²) in [7, 11) is 0. The highest BCUT2D eigenvalue weighted by atomic mass is 16.5. The van der Waals surface area contributed by atoms with Crippen molar-refractivity contribution in [2.75, 3.05) is 0 Å². The maximum Gasteiger partial charge on any atom is 0.258 e. The first-order valence-corrected chi connectivity index (χ1v) is 8.87. The SMILES string of the molecule is CC(C)(C)C(=O)NCc1ccc(-c2nc(-c3ccc(CN)cc3)no2)cc1. The van der Waals surface area contributed by atoms with Crippen LogP contribution in [0.15, 0.2) is 53.1 Å². The van der Waals surface area contributed by atoms with E-state index in [-0.39, 0.29) is 5.91 Å². The Morgan fingerprint density at radius 1 is 1.00 bits per heavy atom. The summed E-state index contributed by atoms with van der Waals surface area (Å²) in [6.07, 6.45) is 0. The van der Waals surface area contributed by atoms with Crippen LogP contribution in [-0.4, -0.2) is 16.0 Å². The number of rotatable bonds is 5. The zero-order valence-electron chi connectivity index (χ0n) is 15.8. The highest BCUT2D eigenvalue weighted by Gasteiger charge is 2.20. The molecule has 0 saturated heterocycles. The molecule has 3 aromatic rings. The predicted octanol–water partition coefficient (Wildman–Crippen LogP) is 3.52. The van der Waals surface area contributed by atoms with Gasteiger partial charge in [0.15, 0.2) is 0 Å². The predicted molar refractivity (Wildman–Crippen MR) is 104 cm³/mol. The minimum atomic E-state index is -0.400. The number of aromatic nitrogens is 2. The van der Waals surface area contributed by atoms with Crippen molar-refractivity contribution >= 4 is 5.91 Å². The second kappa shape index (κ2) is 7.72. The third-order valence-corrected chi connectivity index (χ3v) is 4.21.